The van der Waals surface area contributed by atoms with Crippen LogP contribution in [0.5, 0.6) is 0 Å². The largest absolute Gasteiger partial charge is 0.371 e. The Morgan fingerprint density at radius 2 is 2.35 bits per heavy atom. The average Bonchev–Trinajstić information content (AvgIpc) is 2.88. The third-order valence-electron chi connectivity index (χ3n) is 5.03. The second kappa shape index (κ2) is 6.13. The highest BCUT2D eigenvalue weighted by atomic mass is 19.1. The van der Waals surface area contributed by atoms with Gasteiger partial charge in [-0.2, -0.15) is 0 Å². The van der Waals surface area contributed by atoms with Crippen molar-refractivity contribution in [2.24, 2.45) is 11.8 Å². The Labute approximate surface area is 121 Å². The molecular formula is C17H25FN2. The Kier molecular flexibility index (Phi) is 4.25. The lowest BCUT2D eigenvalue weighted by molar-refractivity contribution is 0.269. The summed E-state index contributed by atoms with van der Waals surface area (Å²) in [6.45, 7) is 6.84. The van der Waals surface area contributed by atoms with Crippen LogP contribution in [0.25, 0.3) is 0 Å². The number of fused-ring (bicyclic) bond motifs is 1. The number of benzene rings is 1. The van der Waals surface area contributed by atoms with Crippen LogP contribution in [0.3, 0.4) is 0 Å². The first kappa shape index (κ1) is 13.9. The maximum absolute atomic E-state index is 13.4. The second-order valence-corrected chi connectivity index (χ2v) is 6.38. The molecule has 20 heavy (non-hydrogen) atoms. The van der Waals surface area contributed by atoms with E-state index in [4.69, 9.17) is 0 Å². The SMILES string of the molecule is CC(CCN1CCc2ccc(F)cc21)C1CCCNC1. The van der Waals surface area contributed by atoms with Crippen LogP contribution in [0, 0.1) is 17.7 Å². The average molecular weight is 276 g/mol. The molecule has 2 aliphatic rings. The minimum Gasteiger partial charge on any atom is -0.371 e. The number of nitrogens with one attached hydrogen (secondary N) is 1. The van der Waals surface area contributed by atoms with Crippen molar-refractivity contribution < 1.29 is 4.39 Å². The molecule has 0 aromatic heterocycles. The molecular weight excluding hydrogens is 251 g/mol. The number of hydrogen-bond acceptors (Lipinski definition) is 2. The number of piperidine rings is 1. The standard InChI is InChI=1S/C17H25FN2/c1-13(15-3-2-8-19-12-15)6-9-20-10-7-14-4-5-16(18)11-17(14)20/h4-5,11,13,15,19H,2-3,6-10,12H2,1H3. The van der Waals surface area contributed by atoms with Gasteiger partial charge in [0.05, 0.1) is 0 Å². The van der Waals surface area contributed by atoms with Gasteiger partial charge in [0.25, 0.3) is 0 Å². The highest BCUT2D eigenvalue weighted by molar-refractivity contribution is 5.58. The minimum atomic E-state index is -0.111. The van der Waals surface area contributed by atoms with E-state index in [-0.39, 0.29) is 5.82 Å². The summed E-state index contributed by atoms with van der Waals surface area (Å²) < 4.78 is 13.4. The lowest BCUT2D eigenvalue weighted by atomic mass is 9.85. The summed E-state index contributed by atoms with van der Waals surface area (Å²) in [6, 6.07) is 5.23. The summed E-state index contributed by atoms with van der Waals surface area (Å²) >= 11 is 0. The van der Waals surface area contributed by atoms with E-state index >= 15 is 0 Å². The van der Waals surface area contributed by atoms with E-state index in [0.29, 0.717) is 0 Å². The lowest BCUT2D eigenvalue weighted by Crippen LogP contribution is -2.34. The first-order chi connectivity index (χ1) is 9.74. The van der Waals surface area contributed by atoms with Gasteiger partial charge in [0.15, 0.2) is 0 Å². The second-order valence-electron chi connectivity index (χ2n) is 6.38. The number of anilines is 1. The molecule has 0 radical (unpaired) electrons. The first-order valence-corrected chi connectivity index (χ1v) is 7.98. The summed E-state index contributed by atoms with van der Waals surface area (Å²) in [5.74, 6) is 1.46. The van der Waals surface area contributed by atoms with E-state index in [9.17, 15) is 4.39 Å². The molecule has 1 saturated heterocycles. The molecule has 0 amide bonds. The van der Waals surface area contributed by atoms with Crippen LogP contribution in [-0.2, 0) is 6.42 Å². The monoisotopic (exact) mass is 276 g/mol. The van der Waals surface area contributed by atoms with Crippen LogP contribution < -0.4 is 10.2 Å². The zero-order valence-corrected chi connectivity index (χ0v) is 12.4. The van der Waals surface area contributed by atoms with Crippen LogP contribution in [0.1, 0.15) is 31.7 Å². The topological polar surface area (TPSA) is 15.3 Å². The molecule has 0 spiro atoms. The molecule has 2 aliphatic heterocycles. The molecule has 0 saturated carbocycles. The highest BCUT2D eigenvalue weighted by Gasteiger charge is 2.23. The van der Waals surface area contributed by atoms with E-state index in [2.05, 4.69) is 17.1 Å². The minimum absolute atomic E-state index is 0.111. The van der Waals surface area contributed by atoms with Crippen LogP contribution in [0.4, 0.5) is 10.1 Å². The van der Waals surface area contributed by atoms with Gasteiger partial charge in [-0.3, -0.25) is 0 Å². The number of nitrogens with zero attached hydrogens (tertiary/aromatic N) is 1. The van der Waals surface area contributed by atoms with E-state index < -0.39 is 0 Å². The Hall–Kier alpha value is -1.09. The molecule has 1 aromatic carbocycles. The van der Waals surface area contributed by atoms with Crippen LogP contribution in [0.15, 0.2) is 18.2 Å². The van der Waals surface area contributed by atoms with Gasteiger partial charge in [-0.1, -0.05) is 13.0 Å². The zero-order valence-electron chi connectivity index (χ0n) is 12.4. The quantitative estimate of drug-likeness (QED) is 0.908. The first-order valence-electron chi connectivity index (χ1n) is 7.98. The Bertz CT molecular complexity index is 454. The Morgan fingerprint density at radius 3 is 3.15 bits per heavy atom. The predicted molar refractivity (Wildman–Crippen MR) is 81.7 cm³/mol. The Morgan fingerprint density at radius 1 is 1.45 bits per heavy atom. The van der Waals surface area contributed by atoms with Crippen molar-refractivity contribution in [3.63, 3.8) is 0 Å². The third-order valence-corrected chi connectivity index (χ3v) is 5.03. The van der Waals surface area contributed by atoms with Gasteiger partial charge in [-0.25, -0.2) is 4.39 Å². The van der Waals surface area contributed by atoms with E-state index in [1.165, 1.54) is 37.9 Å². The zero-order chi connectivity index (χ0) is 13.9. The van der Waals surface area contributed by atoms with Crippen molar-refractivity contribution >= 4 is 5.69 Å². The van der Waals surface area contributed by atoms with Crippen LogP contribution in [0.2, 0.25) is 0 Å². The number of hydrogen-bond donors (Lipinski definition) is 1. The summed E-state index contributed by atoms with van der Waals surface area (Å²) in [5.41, 5.74) is 2.43. The molecule has 0 bridgehead atoms. The summed E-state index contributed by atoms with van der Waals surface area (Å²) in [6.07, 6.45) is 4.95. The molecule has 3 heteroatoms. The summed E-state index contributed by atoms with van der Waals surface area (Å²) in [7, 11) is 0. The van der Waals surface area contributed by atoms with E-state index in [1.807, 2.05) is 6.07 Å². The van der Waals surface area contributed by atoms with Crippen molar-refractivity contribution in [3.05, 3.63) is 29.6 Å². The van der Waals surface area contributed by atoms with Gasteiger partial charge < -0.3 is 10.2 Å². The number of halogens is 1. The van der Waals surface area contributed by atoms with Gasteiger partial charge in [0.2, 0.25) is 0 Å². The van der Waals surface area contributed by atoms with Crippen molar-refractivity contribution in [1.82, 2.24) is 5.32 Å². The van der Waals surface area contributed by atoms with Gasteiger partial charge in [0.1, 0.15) is 5.82 Å². The van der Waals surface area contributed by atoms with Gasteiger partial charge in [-0.15, -0.1) is 0 Å². The molecule has 2 unspecified atom stereocenters. The normalized spacial score (nSPS) is 23.7. The fourth-order valence-electron chi connectivity index (χ4n) is 3.61. The molecule has 2 atom stereocenters. The molecule has 110 valence electrons. The number of rotatable bonds is 4. The fraction of sp³-hybridized carbons (Fsp3) is 0.647. The summed E-state index contributed by atoms with van der Waals surface area (Å²) in [4.78, 5) is 2.37. The van der Waals surface area contributed by atoms with Crippen molar-refractivity contribution in [1.29, 1.82) is 0 Å². The maximum Gasteiger partial charge on any atom is 0.125 e. The van der Waals surface area contributed by atoms with E-state index in [1.54, 1.807) is 12.1 Å². The van der Waals surface area contributed by atoms with Crippen molar-refractivity contribution in [2.45, 2.75) is 32.6 Å². The van der Waals surface area contributed by atoms with Crippen molar-refractivity contribution in [3.8, 4) is 0 Å². The molecule has 0 aliphatic carbocycles. The van der Waals surface area contributed by atoms with Gasteiger partial charge in [-0.05, 0) is 68.3 Å². The molecule has 3 rings (SSSR count). The molecule has 1 aromatic rings. The fourth-order valence-corrected chi connectivity index (χ4v) is 3.61. The molecule has 1 fully saturated rings. The predicted octanol–water partition coefficient (Wildman–Crippen LogP) is 3.21. The van der Waals surface area contributed by atoms with Crippen LogP contribution >= 0.6 is 0 Å². The smallest absolute Gasteiger partial charge is 0.125 e. The lowest BCUT2D eigenvalue weighted by Gasteiger charge is -2.30. The van der Waals surface area contributed by atoms with Gasteiger partial charge >= 0.3 is 0 Å². The van der Waals surface area contributed by atoms with Crippen LogP contribution in [-0.4, -0.2) is 26.2 Å². The van der Waals surface area contributed by atoms with E-state index in [0.717, 1.165) is 37.0 Å². The molecule has 1 N–H and O–H groups in total. The Balaban J connectivity index is 1.56. The summed E-state index contributed by atoms with van der Waals surface area (Å²) in [5, 5.41) is 3.50. The highest BCUT2D eigenvalue weighted by Crippen LogP contribution is 2.30. The third kappa shape index (κ3) is 2.98. The molecule has 2 nitrogen and oxygen atoms in total. The maximum atomic E-state index is 13.4. The molecule has 2 heterocycles. The van der Waals surface area contributed by atoms with Crippen molar-refractivity contribution in [2.75, 3.05) is 31.1 Å². The van der Waals surface area contributed by atoms with Gasteiger partial charge in [0, 0.05) is 18.8 Å².